The molecule has 2 fully saturated rings. The van der Waals surface area contributed by atoms with E-state index >= 15 is 0 Å². The van der Waals surface area contributed by atoms with Crippen molar-refractivity contribution in [2.24, 2.45) is 11.8 Å². The molecule has 0 unspecified atom stereocenters. The summed E-state index contributed by atoms with van der Waals surface area (Å²) in [5, 5.41) is 0. The maximum absolute atomic E-state index is 12.4. The van der Waals surface area contributed by atoms with Gasteiger partial charge < -0.3 is 4.74 Å². The lowest BCUT2D eigenvalue weighted by Crippen LogP contribution is -2.38. The quantitative estimate of drug-likeness (QED) is 0.630. The number of carbonyl (C=O) groups is 3. The van der Waals surface area contributed by atoms with Crippen molar-refractivity contribution in [3.05, 3.63) is 29.8 Å². The molecular formula is C17H18O4. The Bertz CT molecular complexity index is 565. The van der Waals surface area contributed by atoms with Crippen molar-refractivity contribution >= 4 is 17.3 Å². The van der Waals surface area contributed by atoms with Crippen LogP contribution in [0.2, 0.25) is 0 Å². The van der Waals surface area contributed by atoms with Crippen LogP contribution in [-0.2, 0) is 9.59 Å². The first-order valence-corrected chi connectivity index (χ1v) is 7.41. The summed E-state index contributed by atoms with van der Waals surface area (Å²) in [6.45, 7) is 1.86. The van der Waals surface area contributed by atoms with Gasteiger partial charge in [-0.05, 0) is 43.0 Å². The van der Waals surface area contributed by atoms with Gasteiger partial charge in [-0.15, -0.1) is 0 Å². The summed E-state index contributed by atoms with van der Waals surface area (Å²) in [5.41, 5.74) is 0.402. The molecule has 0 N–H and O–H groups in total. The van der Waals surface area contributed by atoms with Crippen LogP contribution in [0.4, 0.5) is 0 Å². The molecule has 1 aromatic rings. The number of hydrogen-bond donors (Lipinski definition) is 0. The first-order valence-electron chi connectivity index (χ1n) is 7.41. The molecule has 0 bridgehead atoms. The third-order valence-corrected chi connectivity index (χ3v) is 3.97. The highest BCUT2D eigenvalue weighted by Crippen LogP contribution is 2.28. The molecule has 0 saturated heterocycles. The Morgan fingerprint density at radius 2 is 1.62 bits per heavy atom. The SMILES string of the molecule is CC1CC(=O)C(C(=O)c2ccc(OC3CC3)cc2)C(=O)C1. The van der Waals surface area contributed by atoms with E-state index < -0.39 is 5.92 Å². The number of Topliss-reactive ketones (excluding diaryl/α,β-unsaturated/α-hetero) is 3. The molecule has 0 heterocycles. The van der Waals surface area contributed by atoms with E-state index in [4.69, 9.17) is 4.74 Å². The fourth-order valence-electron chi connectivity index (χ4n) is 2.71. The van der Waals surface area contributed by atoms with Gasteiger partial charge in [0.1, 0.15) is 11.7 Å². The average molecular weight is 286 g/mol. The molecule has 110 valence electrons. The Labute approximate surface area is 123 Å². The summed E-state index contributed by atoms with van der Waals surface area (Å²) in [6.07, 6.45) is 3.07. The Morgan fingerprint density at radius 1 is 1.05 bits per heavy atom. The lowest BCUT2D eigenvalue weighted by molar-refractivity contribution is -0.134. The van der Waals surface area contributed by atoms with Crippen molar-refractivity contribution in [2.75, 3.05) is 0 Å². The summed E-state index contributed by atoms with van der Waals surface area (Å²) in [5.74, 6) is -1.21. The topological polar surface area (TPSA) is 60.4 Å². The molecule has 0 aromatic heterocycles. The minimum Gasteiger partial charge on any atom is -0.490 e. The van der Waals surface area contributed by atoms with Crippen LogP contribution in [0.1, 0.15) is 43.0 Å². The summed E-state index contributed by atoms with van der Waals surface area (Å²) in [6, 6.07) is 6.73. The normalized spacial score (nSPS) is 25.8. The first-order chi connectivity index (χ1) is 10.0. The van der Waals surface area contributed by atoms with Crippen molar-refractivity contribution in [2.45, 2.75) is 38.7 Å². The van der Waals surface area contributed by atoms with E-state index in [0.717, 1.165) is 18.6 Å². The second kappa shape index (κ2) is 5.43. The predicted octanol–water partition coefficient (Wildman–Crippen LogP) is 2.59. The molecule has 2 aliphatic rings. The van der Waals surface area contributed by atoms with E-state index in [-0.39, 0.29) is 23.3 Å². The Hall–Kier alpha value is -1.97. The van der Waals surface area contributed by atoms with Crippen LogP contribution in [0.3, 0.4) is 0 Å². The lowest BCUT2D eigenvalue weighted by atomic mass is 9.77. The fourth-order valence-corrected chi connectivity index (χ4v) is 2.71. The first kappa shape index (κ1) is 14.0. The molecule has 2 saturated carbocycles. The van der Waals surface area contributed by atoms with Crippen LogP contribution in [0.15, 0.2) is 24.3 Å². The molecule has 21 heavy (non-hydrogen) atoms. The molecule has 4 heteroatoms. The van der Waals surface area contributed by atoms with Crippen molar-refractivity contribution in [1.82, 2.24) is 0 Å². The van der Waals surface area contributed by atoms with Crippen LogP contribution >= 0.6 is 0 Å². The minimum atomic E-state index is -1.10. The molecule has 3 rings (SSSR count). The molecule has 0 aliphatic heterocycles. The largest absolute Gasteiger partial charge is 0.490 e. The van der Waals surface area contributed by atoms with Crippen LogP contribution in [0.25, 0.3) is 0 Å². The van der Waals surface area contributed by atoms with E-state index in [1.807, 2.05) is 6.92 Å². The van der Waals surface area contributed by atoms with Gasteiger partial charge in [0.2, 0.25) is 0 Å². The van der Waals surface area contributed by atoms with Crippen LogP contribution in [0.5, 0.6) is 5.75 Å². The zero-order valence-corrected chi connectivity index (χ0v) is 12.0. The number of ketones is 3. The van der Waals surface area contributed by atoms with Crippen molar-refractivity contribution in [3.8, 4) is 5.75 Å². The number of benzene rings is 1. The smallest absolute Gasteiger partial charge is 0.180 e. The van der Waals surface area contributed by atoms with Crippen molar-refractivity contribution in [1.29, 1.82) is 0 Å². The Morgan fingerprint density at radius 3 is 2.14 bits per heavy atom. The second-order valence-electron chi connectivity index (χ2n) is 6.08. The highest BCUT2D eigenvalue weighted by molar-refractivity contribution is 6.25. The average Bonchev–Trinajstić information content (AvgIpc) is 3.22. The Balaban J connectivity index is 1.74. The second-order valence-corrected chi connectivity index (χ2v) is 6.08. The van der Waals surface area contributed by atoms with Gasteiger partial charge in [-0.25, -0.2) is 0 Å². The van der Waals surface area contributed by atoms with Crippen LogP contribution < -0.4 is 4.74 Å². The molecular weight excluding hydrogens is 268 g/mol. The van der Waals surface area contributed by atoms with E-state index in [9.17, 15) is 14.4 Å². The standard InChI is InChI=1S/C17H18O4/c1-10-8-14(18)16(15(19)9-10)17(20)11-2-4-12(5-3-11)21-13-6-7-13/h2-5,10,13,16H,6-9H2,1H3. The lowest BCUT2D eigenvalue weighted by Gasteiger charge is -2.22. The monoisotopic (exact) mass is 286 g/mol. The highest BCUT2D eigenvalue weighted by Gasteiger charge is 2.39. The van der Waals surface area contributed by atoms with Gasteiger partial charge in [-0.1, -0.05) is 6.92 Å². The number of rotatable bonds is 4. The summed E-state index contributed by atoms with van der Waals surface area (Å²) >= 11 is 0. The van der Waals surface area contributed by atoms with Gasteiger partial charge in [0.15, 0.2) is 17.3 Å². The molecule has 0 spiro atoms. The van der Waals surface area contributed by atoms with Gasteiger partial charge in [-0.2, -0.15) is 0 Å². The van der Waals surface area contributed by atoms with E-state index in [0.29, 0.717) is 24.5 Å². The van der Waals surface area contributed by atoms with Gasteiger partial charge in [-0.3, -0.25) is 14.4 Å². The zero-order chi connectivity index (χ0) is 15.0. The zero-order valence-electron chi connectivity index (χ0n) is 12.0. The number of ether oxygens (including phenoxy) is 1. The van der Waals surface area contributed by atoms with Crippen molar-refractivity contribution < 1.29 is 19.1 Å². The highest BCUT2D eigenvalue weighted by atomic mass is 16.5. The molecule has 1 aromatic carbocycles. The fraction of sp³-hybridized carbons (Fsp3) is 0.471. The van der Waals surface area contributed by atoms with Gasteiger partial charge in [0, 0.05) is 18.4 Å². The predicted molar refractivity (Wildman–Crippen MR) is 76.3 cm³/mol. The van der Waals surface area contributed by atoms with E-state index in [1.54, 1.807) is 24.3 Å². The summed E-state index contributed by atoms with van der Waals surface area (Å²) in [4.78, 5) is 36.4. The van der Waals surface area contributed by atoms with Gasteiger partial charge >= 0.3 is 0 Å². The number of carbonyl (C=O) groups excluding carboxylic acids is 3. The summed E-state index contributed by atoms with van der Waals surface area (Å²) < 4.78 is 5.62. The molecule has 0 amide bonds. The maximum Gasteiger partial charge on any atom is 0.180 e. The van der Waals surface area contributed by atoms with E-state index in [1.165, 1.54) is 0 Å². The van der Waals surface area contributed by atoms with Crippen molar-refractivity contribution in [3.63, 3.8) is 0 Å². The summed E-state index contributed by atoms with van der Waals surface area (Å²) in [7, 11) is 0. The third kappa shape index (κ3) is 3.04. The maximum atomic E-state index is 12.4. The molecule has 2 aliphatic carbocycles. The Kier molecular flexibility index (Phi) is 3.62. The van der Waals surface area contributed by atoms with Crippen LogP contribution in [-0.4, -0.2) is 23.5 Å². The van der Waals surface area contributed by atoms with Gasteiger partial charge in [0.05, 0.1) is 6.10 Å². The van der Waals surface area contributed by atoms with Crippen LogP contribution in [0, 0.1) is 11.8 Å². The molecule has 4 nitrogen and oxygen atoms in total. The number of hydrogen-bond acceptors (Lipinski definition) is 4. The molecule has 0 radical (unpaired) electrons. The van der Waals surface area contributed by atoms with E-state index in [2.05, 4.69) is 0 Å². The van der Waals surface area contributed by atoms with Gasteiger partial charge in [0.25, 0.3) is 0 Å². The molecule has 0 atom stereocenters. The third-order valence-electron chi connectivity index (χ3n) is 3.97. The minimum absolute atomic E-state index is 0.0448.